The van der Waals surface area contributed by atoms with E-state index in [0.717, 1.165) is 44.0 Å². The summed E-state index contributed by atoms with van der Waals surface area (Å²) < 4.78 is 0. The quantitative estimate of drug-likeness (QED) is 0.760. The fourth-order valence-corrected chi connectivity index (χ4v) is 2.47. The van der Waals surface area contributed by atoms with E-state index in [4.69, 9.17) is 0 Å². The number of aromatic nitrogens is 2. The van der Waals surface area contributed by atoms with Gasteiger partial charge in [-0.25, -0.2) is 9.97 Å². The molecule has 1 aromatic rings. The van der Waals surface area contributed by atoms with Gasteiger partial charge in [0.05, 0.1) is 0 Å². The summed E-state index contributed by atoms with van der Waals surface area (Å²) in [6, 6.07) is 1.86. The van der Waals surface area contributed by atoms with Crippen molar-refractivity contribution in [3.63, 3.8) is 0 Å². The monoisotopic (exact) mass is 226 g/mol. The molecule has 0 saturated carbocycles. The maximum atomic E-state index is 4.28. The first-order valence-corrected chi connectivity index (χ1v) is 5.16. The molecule has 2 aliphatic heterocycles. The summed E-state index contributed by atoms with van der Waals surface area (Å²) in [5.74, 6) is 2.50. The molecule has 15 heavy (non-hydrogen) atoms. The average molecular weight is 227 g/mol. The number of halogens is 1. The van der Waals surface area contributed by atoms with Gasteiger partial charge in [-0.3, -0.25) is 0 Å². The number of fused-ring (bicyclic) bond motifs is 1. The van der Waals surface area contributed by atoms with Crippen LogP contribution in [0.1, 0.15) is 0 Å². The predicted octanol–water partition coefficient (Wildman–Crippen LogP) is 0.554. The van der Waals surface area contributed by atoms with Crippen molar-refractivity contribution >= 4 is 18.4 Å². The number of nitrogens with zero attached hydrogens (tertiary/aromatic N) is 3. The van der Waals surface area contributed by atoms with Crippen LogP contribution in [0.4, 0.5) is 5.95 Å². The Labute approximate surface area is 95.5 Å². The van der Waals surface area contributed by atoms with Gasteiger partial charge in [0.1, 0.15) is 0 Å². The van der Waals surface area contributed by atoms with Crippen LogP contribution in [0.5, 0.6) is 0 Å². The molecule has 3 rings (SSSR count). The third-order valence-electron chi connectivity index (χ3n) is 3.22. The molecule has 1 N–H and O–H groups in total. The van der Waals surface area contributed by atoms with Gasteiger partial charge in [0.15, 0.2) is 0 Å². The van der Waals surface area contributed by atoms with Gasteiger partial charge >= 0.3 is 0 Å². The van der Waals surface area contributed by atoms with Gasteiger partial charge in [-0.2, -0.15) is 0 Å². The molecule has 2 unspecified atom stereocenters. The SMILES string of the molecule is Cl.c1cnc(N2CC3CNCC3C2)nc1. The Morgan fingerprint density at radius 1 is 1.13 bits per heavy atom. The lowest BCUT2D eigenvalue weighted by atomic mass is 10.0. The minimum atomic E-state index is 0. The zero-order chi connectivity index (χ0) is 9.38. The second-order valence-electron chi connectivity index (χ2n) is 4.13. The molecule has 0 radical (unpaired) electrons. The van der Waals surface area contributed by atoms with E-state index in [0.29, 0.717) is 0 Å². The summed E-state index contributed by atoms with van der Waals surface area (Å²) >= 11 is 0. The lowest BCUT2D eigenvalue weighted by molar-refractivity contribution is 0.533. The van der Waals surface area contributed by atoms with Gasteiger partial charge in [0.25, 0.3) is 0 Å². The third kappa shape index (κ3) is 1.92. The van der Waals surface area contributed by atoms with Crippen molar-refractivity contribution in [3.8, 4) is 0 Å². The molecule has 4 nitrogen and oxygen atoms in total. The van der Waals surface area contributed by atoms with Gasteiger partial charge in [-0.1, -0.05) is 0 Å². The van der Waals surface area contributed by atoms with Crippen molar-refractivity contribution in [1.29, 1.82) is 0 Å². The van der Waals surface area contributed by atoms with Gasteiger partial charge in [-0.15, -0.1) is 12.4 Å². The molecule has 1 aromatic heterocycles. The fourth-order valence-electron chi connectivity index (χ4n) is 2.47. The first-order valence-electron chi connectivity index (χ1n) is 5.16. The number of anilines is 1. The summed E-state index contributed by atoms with van der Waals surface area (Å²) in [5, 5.41) is 3.43. The van der Waals surface area contributed by atoms with Crippen molar-refractivity contribution in [3.05, 3.63) is 18.5 Å². The van der Waals surface area contributed by atoms with Gasteiger partial charge in [0.2, 0.25) is 5.95 Å². The van der Waals surface area contributed by atoms with E-state index in [1.807, 2.05) is 18.5 Å². The summed E-state index contributed by atoms with van der Waals surface area (Å²) in [5.41, 5.74) is 0. The standard InChI is InChI=1S/C10H14N4.ClH/c1-2-12-10(13-3-1)14-6-8-4-11-5-9(8)7-14;/h1-3,8-9,11H,4-7H2;1H. The molecule has 2 atom stereocenters. The highest BCUT2D eigenvalue weighted by molar-refractivity contribution is 5.85. The van der Waals surface area contributed by atoms with E-state index in [1.165, 1.54) is 0 Å². The van der Waals surface area contributed by atoms with Crippen LogP contribution in [-0.4, -0.2) is 36.1 Å². The lowest BCUT2D eigenvalue weighted by Crippen LogP contribution is -2.26. The van der Waals surface area contributed by atoms with Crippen LogP contribution in [0.25, 0.3) is 0 Å². The molecule has 2 saturated heterocycles. The molecule has 0 aromatic carbocycles. The highest BCUT2D eigenvalue weighted by Crippen LogP contribution is 2.28. The Morgan fingerprint density at radius 3 is 2.33 bits per heavy atom. The van der Waals surface area contributed by atoms with E-state index in [2.05, 4.69) is 20.2 Å². The molecule has 2 fully saturated rings. The van der Waals surface area contributed by atoms with Crippen LogP contribution in [0.3, 0.4) is 0 Å². The molecule has 5 heteroatoms. The minimum Gasteiger partial charge on any atom is -0.340 e. The van der Waals surface area contributed by atoms with E-state index < -0.39 is 0 Å². The van der Waals surface area contributed by atoms with Crippen molar-refractivity contribution in [2.75, 3.05) is 31.1 Å². The summed E-state index contributed by atoms with van der Waals surface area (Å²) in [4.78, 5) is 10.9. The van der Waals surface area contributed by atoms with Crippen LogP contribution in [0.15, 0.2) is 18.5 Å². The molecule has 0 spiro atoms. The largest absolute Gasteiger partial charge is 0.340 e. The number of nitrogens with one attached hydrogen (secondary N) is 1. The van der Waals surface area contributed by atoms with Gasteiger partial charge in [0, 0.05) is 38.6 Å². The maximum absolute atomic E-state index is 4.28. The Morgan fingerprint density at radius 2 is 1.73 bits per heavy atom. The molecular weight excluding hydrogens is 212 g/mol. The zero-order valence-corrected chi connectivity index (χ0v) is 9.28. The average Bonchev–Trinajstić information content (AvgIpc) is 2.78. The van der Waals surface area contributed by atoms with Gasteiger partial charge < -0.3 is 10.2 Å². The Hall–Kier alpha value is -0.870. The predicted molar refractivity (Wildman–Crippen MR) is 61.3 cm³/mol. The third-order valence-corrected chi connectivity index (χ3v) is 3.22. The Bertz CT molecular complexity index is 306. The summed E-state index contributed by atoms with van der Waals surface area (Å²) in [6.07, 6.45) is 3.63. The number of hydrogen-bond acceptors (Lipinski definition) is 4. The van der Waals surface area contributed by atoms with Gasteiger partial charge in [-0.05, 0) is 17.9 Å². The van der Waals surface area contributed by atoms with E-state index >= 15 is 0 Å². The van der Waals surface area contributed by atoms with Crippen LogP contribution < -0.4 is 10.2 Å². The molecule has 0 aliphatic carbocycles. The highest BCUT2D eigenvalue weighted by atomic mass is 35.5. The van der Waals surface area contributed by atoms with E-state index in [-0.39, 0.29) is 12.4 Å². The van der Waals surface area contributed by atoms with Crippen LogP contribution in [-0.2, 0) is 0 Å². The number of rotatable bonds is 1. The molecular formula is C10H15ClN4. The van der Waals surface area contributed by atoms with E-state index in [1.54, 1.807) is 0 Å². The van der Waals surface area contributed by atoms with Crippen LogP contribution in [0.2, 0.25) is 0 Å². The number of hydrogen-bond donors (Lipinski definition) is 1. The topological polar surface area (TPSA) is 41.1 Å². The first-order chi connectivity index (χ1) is 6.93. The first kappa shape index (κ1) is 10.6. The molecule has 2 aliphatic rings. The lowest BCUT2D eigenvalue weighted by Gasteiger charge is -2.16. The maximum Gasteiger partial charge on any atom is 0.225 e. The Balaban J connectivity index is 0.000000853. The van der Waals surface area contributed by atoms with Crippen LogP contribution in [0, 0.1) is 11.8 Å². The van der Waals surface area contributed by atoms with Crippen molar-refractivity contribution in [1.82, 2.24) is 15.3 Å². The summed E-state index contributed by atoms with van der Waals surface area (Å²) in [6.45, 7) is 4.55. The Kier molecular flexibility index (Phi) is 3.07. The van der Waals surface area contributed by atoms with Crippen molar-refractivity contribution < 1.29 is 0 Å². The highest BCUT2D eigenvalue weighted by Gasteiger charge is 2.36. The smallest absolute Gasteiger partial charge is 0.225 e. The molecule has 0 bridgehead atoms. The molecule has 3 heterocycles. The molecule has 82 valence electrons. The van der Waals surface area contributed by atoms with E-state index in [9.17, 15) is 0 Å². The fraction of sp³-hybridized carbons (Fsp3) is 0.600. The second-order valence-corrected chi connectivity index (χ2v) is 4.13. The van der Waals surface area contributed by atoms with Crippen LogP contribution >= 0.6 is 12.4 Å². The summed E-state index contributed by atoms with van der Waals surface area (Å²) in [7, 11) is 0. The zero-order valence-electron chi connectivity index (χ0n) is 8.47. The van der Waals surface area contributed by atoms with Crippen molar-refractivity contribution in [2.45, 2.75) is 0 Å². The molecule has 0 amide bonds. The minimum absolute atomic E-state index is 0. The normalized spacial score (nSPS) is 28.7. The second kappa shape index (κ2) is 4.33. The van der Waals surface area contributed by atoms with Crippen molar-refractivity contribution in [2.24, 2.45) is 11.8 Å².